The van der Waals surface area contributed by atoms with E-state index in [1.54, 1.807) is 18.2 Å². The van der Waals surface area contributed by atoms with Crippen LogP contribution >= 0.6 is 31.9 Å². The zero-order valence-corrected chi connectivity index (χ0v) is 11.7. The minimum atomic E-state index is -0.362. The number of hydrogen-bond acceptors (Lipinski definition) is 2. The molecule has 0 saturated heterocycles. The molecule has 17 heavy (non-hydrogen) atoms. The average Bonchev–Trinajstić information content (AvgIpc) is 2.67. The van der Waals surface area contributed by atoms with Gasteiger partial charge in [-0.15, -0.1) is 0 Å². The van der Waals surface area contributed by atoms with Crippen LogP contribution in [0.1, 0.15) is 0 Å². The van der Waals surface area contributed by atoms with E-state index < -0.39 is 0 Å². The SMILES string of the molecule is O=C(Nc1ccc(Br)o1)Nc1ccccc1Br. The van der Waals surface area contributed by atoms with Crippen LogP contribution in [-0.2, 0) is 0 Å². The van der Waals surface area contributed by atoms with Gasteiger partial charge >= 0.3 is 6.03 Å². The van der Waals surface area contributed by atoms with Gasteiger partial charge in [-0.25, -0.2) is 4.79 Å². The first-order chi connectivity index (χ1) is 8.15. The van der Waals surface area contributed by atoms with Crippen LogP contribution in [0, 0.1) is 0 Å². The van der Waals surface area contributed by atoms with Gasteiger partial charge in [-0.2, -0.15) is 0 Å². The first-order valence-corrected chi connectivity index (χ1v) is 6.31. The Hall–Kier alpha value is -1.27. The third kappa shape index (κ3) is 3.34. The smallest absolute Gasteiger partial charge is 0.326 e. The lowest BCUT2D eigenvalue weighted by molar-refractivity contribution is 0.261. The number of rotatable bonds is 2. The number of carbonyl (C=O) groups excluding carboxylic acids is 1. The molecule has 0 unspecified atom stereocenters. The number of benzene rings is 1. The molecular formula is C11H8Br2N2O2. The Labute approximate surface area is 115 Å². The second kappa shape index (κ2) is 5.37. The van der Waals surface area contributed by atoms with Crippen LogP contribution in [0.5, 0.6) is 0 Å². The molecule has 0 aliphatic rings. The molecule has 2 rings (SSSR count). The van der Waals surface area contributed by atoms with Crippen molar-refractivity contribution in [3.63, 3.8) is 0 Å². The minimum Gasteiger partial charge on any atom is -0.434 e. The van der Waals surface area contributed by atoms with Crippen LogP contribution < -0.4 is 10.6 Å². The Bertz CT molecular complexity index is 540. The molecule has 1 aromatic carbocycles. The van der Waals surface area contributed by atoms with Gasteiger partial charge in [0.1, 0.15) is 0 Å². The molecular weight excluding hydrogens is 352 g/mol. The number of amides is 2. The molecule has 0 bridgehead atoms. The molecule has 4 nitrogen and oxygen atoms in total. The van der Waals surface area contributed by atoms with Gasteiger partial charge in [0.05, 0.1) is 5.69 Å². The summed E-state index contributed by atoms with van der Waals surface area (Å²) < 4.78 is 6.53. The fourth-order valence-corrected chi connectivity index (χ4v) is 1.90. The summed E-state index contributed by atoms with van der Waals surface area (Å²) in [4.78, 5) is 11.6. The average molecular weight is 360 g/mol. The van der Waals surface area contributed by atoms with Gasteiger partial charge in [0.25, 0.3) is 0 Å². The van der Waals surface area contributed by atoms with Crippen molar-refractivity contribution in [3.05, 3.63) is 45.5 Å². The standard InChI is InChI=1S/C11H8Br2N2O2/c12-7-3-1-2-4-8(7)14-11(16)15-10-6-5-9(13)17-10/h1-6H,(H2,14,15,16). The third-order valence-electron chi connectivity index (χ3n) is 1.93. The van der Waals surface area contributed by atoms with E-state index >= 15 is 0 Å². The van der Waals surface area contributed by atoms with Crippen molar-refractivity contribution in [1.29, 1.82) is 0 Å². The zero-order valence-electron chi connectivity index (χ0n) is 8.54. The molecule has 88 valence electrons. The van der Waals surface area contributed by atoms with Crippen LogP contribution in [0.15, 0.2) is 50.0 Å². The van der Waals surface area contributed by atoms with Crippen molar-refractivity contribution in [1.82, 2.24) is 0 Å². The molecule has 0 spiro atoms. The number of furan rings is 1. The maximum absolute atomic E-state index is 11.6. The fourth-order valence-electron chi connectivity index (χ4n) is 1.21. The Balaban J connectivity index is 2.01. The Morgan fingerprint density at radius 3 is 2.47 bits per heavy atom. The van der Waals surface area contributed by atoms with Crippen LogP contribution in [0.25, 0.3) is 0 Å². The molecule has 0 aliphatic heterocycles. The highest BCUT2D eigenvalue weighted by Gasteiger charge is 2.07. The minimum absolute atomic E-state index is 0.362. The summed E-state index contributed by atoms with van der Waals surface area (Å²) in [5.74, 6) is 0.376. The highest BCUT2D eigenvalue weighted by Crippen LogP contribution is 2.22. The van der Waals surface area contributed by atoms with E-state index in [2.05, 4.69) is 42.5 Å². The molecule has 2 N–H and O–H groups in total. The van der Waals surface area contributed by atoms with Gasteiger partial charge < -0.3 is 9.73 Å². The summed E-state index contributed by atoms with van der Waals surface area (Å²) in [6.07, 6.45) is 0. The fraction of sp³-hybridized carbons (Fsp3) is 0. The Kier molecular flexibility index (Phi) is 3.86. The summed E-state index contributed by atoms with van der Waals surface area (Å²) >= 11 is 6.50. The van der Waals surface area contributed by atoms with Crippen molar-refractivity contribution in [2.45, 2.75) is 0 Å². The second-order valence-corrected chi connectivity index (χ2v) is 4.80. The summed E-state index contributed by atoms with van der Waals surface area (Å²) in [6, 6.07) is 10.3. The van der Waals surface area contributed by atoms with Crippen LogP contribution in [0.4, 0.5) is 16.4 Å². The summed E-state index contributed by atoms with van der Waals surface area (Å²) in [5, 5.41) is 5.27. The van der Waals surface area contributed by atoms with Gasteiger partial charge in [-0.3, -0.25) is 5.32 Å². The number of para-hydroxylation sites is 1. The quantitative estimate of drug-likeness (QED) is 0.832. The monoisotopic (exact) mass is 358 g/mol. The number of anilines is 2. The summed E-state index contributed by atoms with van der Waals surface area (Å²) in [6.45, 7) is 0. The van der Waals surface area contributed by atoms with Crippen LogP contribution in [-0.4, -0.2) is 6.03 Å². The van der Waals surface area contributed by atoms with Crippen molar-refractivity contribution < 1.29 is 9.21 Å². The van der Waals surface area contributed by atoms with Gasteiger partial charge in [0.2, 0.25) is 5.88 Å². The lowest BCUT2D eigenvalue weighted by atomic mass is 10.3. The molecule has 0 saturated carbocycles. The van der Waals surface area contributed by atoms with Gasteiger partial charge in [0.15, 0.2) is 4.67 Å². The highest BCUT2D eigenvalue weighted by molar-refractivity contribution is 9.10. The maximum atomic E-state index is 11.6. The molecule has 6 heteroatoms. The van der Waals surface area contributed by atoms with E-state index in [1.807, 2.05) is 18.2 Å². The molecule has 2 amide bonds. The molecule has 0 fully saturated rings. The van der Waals surface area contributed by atoms with E-state index in [9.17, 15) is 4.79 Å². The van der Waals surface area contributed by atoms with Crippen LogP contribution in [0.2, 0.25) is 0 Å². The largest absolute Gasteiger partial charge is 0.434 e. The predicted molar refractivity (Wildman–Crippen MR) is 73.2 cm³/mol. The predicted octanol–water partition coefficient (Wildman–Crippen LogP) is 4.45. The number of carbonyl (C=O) groups is 1. The van der Waals surface area contributed by atoms with Crippen molar-refractivity contribution >= 4 is 49.5 Å². The van der Waals surface area contributed by atoms with Crippen LogP contribution in [0.3, 0.4) is 0 Å². The highest BCUT2D eigenvalue weighted by atomic mass is 79.9. The van der Waals surface area contributed by atoms with Gasteiger partial charge in [0, 0.05) is 10.5 Å². The maximum Gasteiger partial charge on any atom is 0.326 e. The van der Waals surface area contributed by atoms with E-state index in [-0.39, 0.29) is 6.03 Å². The number of hydrogen-bond donors (Lipinski definition) is 2. The first kappa shape index (κ1) is 12.2. The topological polar surface area (TPSA) is 54.3 Å². The Morgan fingerprint density at radius 1 is 1.06 bits per heavy atom. The summed E-state index contributed by atoms with van der Waals surface area (Å²) in [7, 11) is 0. The zero-order chi connectivity index (χ0) is 12.3. The Morgan fingerprint density at radius 2 is 1.82 bits per heavy atom. The third-order valence-corrected chi connectivity index (χ3v) is 3.05. The molecule has 0 atom stereocenters. The number of nitrogens with one attached hydrogen (secondary N) is 2. The van der Waals surface area contributed by atoms with E-state index in [4.69, 9.17) is 4.42 Å². The second-order valence-electron chi connectivity index (χ2n) is 3.16. The van der Waals surface area contributed by atoms with Crippen molar-refractivity contribution in [2.75, 3.05) is 10.6 Å². The number of urea groups is 1. The van der Waals surface area contributed by atoms with E-state index in [0.717, 1.165) is 4.47 Å². The molecule has 0 aliphatic carbocycles. The normalized spacial score (nSPS) is 10.0. The van der Waals surface area contributed by atoms with Gasteiger partial charge in [-0.1, -0.05) is 12.1 Å². The lowest BCUT2D eigenvalue weighted by Gasteiger charge is -2.06. The lowest BCUT2D eigenvalue weighted by Crippen LogP contribution is -2.19. The first-order valence-electron chi connectivity index (χ1n) is 4.73. The molecule has 0 radical (unpaired) electrons. The van der Waals surface area contributed by atoms with E-state index in [0.29, 0.717) is 16.2 Å². The van der Waals surface area contributed by atoms with Gasteiger partial charge in [-0.05, 0) is 50.1 Å². The van der Waals surface area contributed by atoms with Crippen molar-refractivity contribution in [3.8, 4) is 0 Å². The van der Waals surface area contributed by atoms with E-state index in [1.165, 1.54) is 0 Å². The molecule has 1 aromatic heterocycles. The summed E-state index contributed by atoms with van der Waals surface area (Å²) in [5.41, 5.74) is 0.690. The number of halogens is 2. The molecule has 2 aromatic rings. The van der Waals surface area contributed by atoms with Crippen molar-refractivity contribution in [2.24, 2.45) is 0 Å². The molecule has 1 heterocycles.